The van der Waals surface area contributed by atoms with E-state index in [2.05, 4.69) is 29.8 Å². The lowest BCUT2D eigenvalue weighted by molar-refractivity contribution is -0.141. The second-order valence-corrected chi connectivity index (χ2v) is 10.1. The highest BCUT2D eigenvalue weighted by atomic mass is 31.1. The van der Waals surface area contributed by atoms with Crippen molar-refractivity contribution in [2.45, 2.75) is 51.4 Å². The number of ether oxygens (including phenoxy) is 1. The van der Waals surface area contributed by atoms with Gasteiger partial charge >= 0.3 is 5.97 Å². The second-order valence-electron chi connectivity index (χ2n) is 8.29. The molecule has 4 heterocycles. The number of rotatable bonds is 8. The van der Waals surface area contributed by atoms with E-state index < -0.39 is 8.22 Å². The van der Waals surface area contributed by atoms with Gasteiger partial charge in [-0.1, -0.05) is 0 Å². The molecule has 0 spiro atoms. The van der Waals surface area contributed by atoms with Crippen molar-refractivity contribution in [3.05, 3.63) is 0 Å². The third-order valence-electron chi connectivity index (χ3n) is 6.25. The van der Waals surface area contributed by atoms with Crippen LogP contribution in [0.15, 0.2) is 0 Å². The fraction of sp³-hybridized carbons (Fsp3) is 0.947. The van der Waals surface area contributed by atoms with Gasteiger partial charge in [-0.25, -0.2) is 20.0 Å². The molecule has 0 aromatic heterocycles. The predicted molar refractivity (Wildman–Crippen MR) is 111 cm³/mol. The summed E-state index contributed by atoms with van der Waals surface area (Å²) < 4.78 is 5.18. The van der Waals surface area contributed by atoms with Crippen molar-refractivity contribution in [1.82, 2.24) is 29.8 Å². The molecule has 0 atom stereocenters. The van der Waals surface area contributed by atoms with Gasteiger partial charge in [-0.15, -0.1) is 9.78 Å². The molecule has 4 aliphatic heterocycles. The van der Waals surface area contributed by atoms with E-state index in [1.807, 2.05) is 0 Å². The monoisotopic (exact) mass is 412 g/mol. The smallest absolute Gasteiger partial charge is 0.312 e. The number of hydrazine groups is 4. The van der Waals surface area contributed by atoms with Gasteiger partial charge in [0.15, 0.2) is 0 Å². The van der Waals surface area contributed by atoms with Crippen molar-refractivity contribution in [3.8, 4) is 0 Å². The molecular weight excluding hydrogens is 375 g/mol. The molecule has 8 nitrogen and oxygen atoms in total. The summed E-state index contributed by atoms with van der Waals surface area (Å²) in [5.41, 5.74) is 0. The lowest BCUT2D eigenvalue weighted by atomic mass is 10.4. The summed E-state index contributed by atoms with van der Waals surface area (Å²) in [6.07, 6.45) is 10.5. The van der Waals surface area contributed by atoms with E-state index in [4.69, 9.17) is 4.74 Å². The van der Waals surface area contributed by atoms with Crippen molar-refractivity contribution >= 4 is 14.2 Å². The van der Waals surface area contributed by atoms with Crippen LogP contribution in [0.1, 0.15) is 51.4 Å². The zero-order chi connectivity index (χ0) is 19.3. The molecule has 9 heteroatoms. The van der Waals surface area contributed by atoms with Crippen LogP contribution in [0.4, 0.5) is 0 Å². The van der Waals surface area contributed by atoms with E-state index in [1.54, 1.807) is 0 Å². The molecule has 0 aromatic rings. The van der Waals surface area contributed by atoms with Gasteiger partial charge in [-0.05, 0) is 51.4 Å². The van der Waals surface area contributed by atoms with E-state index in [0.717, 1.165) is 52.4 Å². The number of hydrogen-bond acceptors (Lipinski definition) is 8. The van der Waals surface area contributed by atoms with Crippen molar-refractivity contribution in [2.75, 3.05) is 65.6 Å². The highest BCUT2D eigenvalue weighted by molar-refractivity contribution is 7.53. The van der Waals surface area contributed by atoms with E-state index >= 15 is 0 Å². The van der Waals surface area contributed by atoms with E-state index in [9.17, 15) is 4.79 Å². The summed E-state index contributed by atoms with van der Waals surface area (Å²) in [6.45, 7) is 8.81. The maximum absolute atomic E-state index is 12.6. The Labute approximate surface area is 171 Å². The van der Waals surface area contributed by atoms with Crippen LogP contribution in [0.2, 0.25) is 0 Å². The highest BCUT2D eigenvalue weighted by Gasteiger charge is 2.43. The fourth-order valence-electron chi connectivity index (χ4n) is 4.84. The molecule has 0 bridgehead atoms. The van der Waals surface area contributed by atoms with Crippen LogP contribution in [-0.4, -0.2) is 101 Å². The first kappa shape index (κ1) is 20.9. The number of methoxy groups -OCH3 is 1. The number of carbonyl (C=O) groups excluding carboxylic acids is 1. The molecule has 4 rings (SSSR count). The first-order chi connectivity index (χ1) is 13.8. The molecule has 0 amide bonds. The normalized spacial score (nSPS) is 25.9. The standard InChI is InChI=1S/C19H37N6O2P/c1-27-19(26)18-28(24(20-10-2-3-11-20)21-12-4-5-13-21)25(22-14-6-7-15-22)23-16-8-9-17-23/h2-18H2,1H3. The van der Waals surface area contributed by atoms with Crippen LogP contribution >= 0.6 is 8.22 Å². The van der Waals surface area contributed by atoms with Crippen LogP contribution in [0.5, 0.6) is 0 Å². The summed E-state index contributed by atoms with van der Waals surface area (Å²) in [5, 5.41) is 10.1. The maximum atomic E-state index is 12.6. The third-order valence-corrected chi connectivity index (χ3v) is 8.63. The molecule has 0 aromatic carbocycles. The minimum Gasteiger partial charge on any atom is -0.469 e. The third kappa shape index (κ3) is 4.69. The molecule has 0 radical (unpaired) electrons. The molecule has 0 unspecified atom stereocenters. The van der Waals surface area contributed by atoms with Crippen molar-refractivity contribution < 1.29 is 9.53 Å². The summed E-state index contributed by atoms with van der Waals surface area (Å²) in [7, 11) is 0.649. The Hall–Kier alpha value is -0.340. The average molecular weight is 413 g/mol. The summed E-state index contributed by atoms with van der Waals surface area (Å²) in [5.74, 6) is -0.0853. The molecule has 4 fully saturated rings. The van der Waals surface area contributed by atoms with E-state index in [-0.39, 0.29) is 5.97 Å². The quantitative estimate of drug-likeness (QED) is 0.444. The minimum atomic E-state index is -0.881. The summed E-state index contributed by atoms with van der Waals surface area (Å²) in [6, 6.07) is 0. The topological polar surface area (TPSA) is 45.7 Å². The van der Waals surface area contributed by atoms with Gasteiger partial charge in [0, 0.05) is 52.4 Å². The summed E-state index contributed by atoms with van der Waals surface area (Å²) in [4.78, 5) is 17.6. The number of esters is 1. The number of hydrogen-bond donors (Lipinski definition) is 0. The largest absolute Gasteiger partial charge is 0.469 e. The Morgan fingerprint density at radius 2 is 0.964 bits per heavy atom. The molecule has 28 heavy (non-hydrogen) atoms. The lowest BCUT2D eigenvalue weighted by Gasteiger charge is -2.51. The Balaban J connectivity index is 1.66. The van der Waals surface area contributed by atoms with Crippen LogP contribution in [0.3, 0.4) is 0 Å². The molecule has 0 saturated carbocycles. The maximum Gasteiger partial charge on any atom is 0.312 e. The van der Waals surface area contributed by atoms with Crippen molar-refractivity contribution in [1.29, 1.82) is 0 Å². The first-order valence-corrected chi connectivity index (χ1v) is 12.6. The van der Waals surface area contributed by atoms with Gasteiger partial charge in [0.25, 0.3) is 0 Å². The van der Waals surface area contributed by atoms with Crippen LogP contribution in [-0.2, 0) is 9.53 Å². The van der Waals surface area contributed by atoms with Crippen LogP contribution in [0, 0.1) is 0 Å². The number of nitrogens with zero attached hydrogens (tertiary/aromatic N) is 6. The van der Waals surface area contributed by atoms with E-state index in [0.29, 0.717) is 6.16 Å². The Kier molecular flexibility index (Phi) is 7.55. The van der Waals surface area contributed by atoms with Gasteiger partial charge in [-0.2, -0.15) is 0 Å². The molecular formula is C19H37N6O2P. The van der Waals surface area contributed by atoms with Crippen LogP contribution in [0.25, 0.3) is 0 Å². The van der Waals surface area contributed by atoms with Gasteiger partial charge in [-0.3, -0.25) is 4.79 Å². The molecule has 0 aliphatic carbocycles. The predicted octanol–water partition coefficient (Wildman–Crippen LogP) is 2.12. The van der Waals surface area contributed by atoms with E-state index in [1.165, 1.54) is 58.5 Å². The molecule has 160 valence electrons. The lowest BCUT2D eigenvalue weighted by Crippen LogP contribution is -2.57. The molecule has 0 N–H and O–H groups in total. The van der Waals surface area contributed by atoms with Gasteiger partial charge < -0.3 is 4.74 Å². The first-order valence-electron chi connectivity index (χ1n) is 11.2. The Morgan fingerprint density at radius 3 is 1.21 bits per heavy atom. The van der Waals surface area contributed by atoms with Gasteiger partial charge in [0.05, 0.1) is 13.3 Å². The number of carbonyl (C=O) groups is 1. The van der Waals surface area contributed by atoms with Crippen molar-refractivity contribution in [2.24, 2.45) is 0 Å². The van der Waals surface area contributed by atoms with Gasteiger partial charge in [0.1, 0.15) is 8.22 Å². The molecule has 4 saturated heterocycles. The minimum absolute atomic E-state index is 0.0853. The van der Waals surface area contributed by atoms with Gasteiger partial charge in [0.2, 0.25) is 0 Å². The Morgan fingerprint density at radius 1 is 0.679 bits per heavy atom. The zero-order valence-corrected chi connectivity index (χ0v) is 18.4. The second kappa shape index (κ2) is 10.1. The zero-order valence-electron chi connectivity index (χ0n) is 17.5. The average Bonchev–Trinajstić information content (AvgIpc) is 3.51. The Bertz CT molecular complexity index is 435. The SMILES string of the molecule is COC(=O)CP(N(N1CCCC1)N1CCCC1)N(N1CCCC1)N1CCCC1. The van der Waals surface area contributed by atoms with Crippen LogP contribution < -0.4 is 0 Å². The highest BCUT2D eigenvalue weighted by Crippen LogP contribution is 2.51. The van der Waals surface area contributed by atoms with Crippen molar-refractivity contribution in [3.63, 3.8) is 0 Å². The fourth-order valence-corrected chi connectivity index (χ4v) is 7.48. The molecule has 4 aliphatic rings. The summed E-state index contributed by atoms with van der Waals surface area (Å²) >= 11 is 0.